The summed E-state index contributed by atoms with van der Waals surface area (Å²) in [6.07, 6.45) is 0.824. The molecule has 4 rings (SSSR count). The van der Waals surface area contributed by atoms with Crippen molar-refractivity contribution in [2.45, 2.75) is 13.3 Å². The molecule has 2 aromatic carbocycles. The molecule has 182 valence electrons. The Morgan fingerprint density at radius 2 is 1.86 bits per heavy atom. The van der Waals surface area contributed by atoms with Gasteiger partial charge in [0.15, 0.2) is 0 Å². The van der Waals surface area contributed by atoms with Crippen molar-refractivity contribution < 1.29 is 13.9 Å². The van der Waals surface area contributed by atoms with Gasteiger partial charge in [-0.05, 0) is 63.8 Å². The summed E-state index contributed by atoms with van der Waals surface area (Å²) in [5.41, 5.74) is 3.55. The molecule has 3 aromatic rings. The fourth-order valence-corrected chi connectivity index (χ4v) is 4.33. The summed E-state index contributed by atoms with van der Waals surface area (Å²) in [6, 6.07) is 14.0. The molecule has 0 N–H and O–H groups in total. The van der Waals surface area contributed by atoms with Crippen LogP contribution in [0.4, 0.5) is 10.1 Å². The number of carbonyl (C=O) groups excluding carboxylic acids is 1. The van der Waals surface area contributed by atoms with Gasteiger partial charge in [-0.3, -0.25) is 4.79 Å². The zero-order valence-electron chi connectivity index (χ0n) is 20.4. The largest absolute Gasteiger partial charge is 0.477 e. The number of nitriles is 1. The predicted molar refractivity (Wildman–Crippen MR) is 134 cm³/mol. The second-order valence-corrected chi connectivity index (χ2v) is 9.06. The minimum Gasteiger partial charge on any atom is -0.477 e. The van der Waals surface area contributed by atoms with Crippen molar-refractivity contribution in [2.75, 3.05) is 58.3 Å². The third-order valence-corrected chi connectivity index (χ3v) is 6.15. The second kappa shape index (κ2) is 10.7. The number of ether oxygens (including phenoxy) is 1. The van der Waals surface area contributed by atoms with Crippen molar-refractivity contribution in [2.24, 2.45) is 0 Å². The summed E-state index contributed by atoms with van der Waals surface area (Å²) in [5, 5.41) is 11.0. The van der Waals surface area contributed by atoms with E-state index in [1.165, 1.54) is 24.3 Å². The van der Waals surface area contributed by atoms with Gasteiger partial charge in [-0.2, -0.15) is 5.26 Å². The SMILES string of the molecule is Cc1ccc2nc(OCCCN(C)C)c(C#N)c(N3CCN(C(=O)c4ccc(F)cc4)CC3)c2c1. The van der Waals surface area contributed by atoms with Crippen LogP contribution < -0.4 is 9.64 Å². The minimum absolute atomic E-state index is 0.120. The third kappa shape index (κ3) is 5.52. The number of fused-ring (bicyclic) bond motifs is 1. The second-order valence-electron chi connectivity index (χ2n) is 9.06. The van der Waals surface area contributed by atoms with E-state index in [0.717, 1.165) is 35.1 Å². The van der Waals surface area contributed by atoms with Crippen LogP contribution in [0.2, 0.25) is 0 Å². The highest BCUT2D eigenvalue weighted by atomic mass is 19.1. The molecule has 8 heteroatoms. The van der Waals surface area contributed by atoms with Gasteiger partial charge in [0, 0.05) is 43.7 Å². The maximum atomic E-state index is 13.2. The Labute approximate surface area is 205 Å². The molecule has 0 aliphatic carbocycles. The van der Waals surface area contributed by atoms with Crippen LogP contribution >= 0.6 is 0 Å². The Kier molecular flexibility index (Phi) is 7.47. The van der Waals surface area contributed by atoms with Crippen LogP contribution in [0.1, 0.15) is 27.9 Å². The molecule has 1 aliphatic rings. The molecule has 2 heterocycles. The van der Waals surface area contributed by atoms with Crippen LogP contribution in [0.5, 0.6) is 5.88 Å². The number of aromatic nitrogens is 1. The highest BCUT2D eigenvalue weighted by Crippen LogP contribution is 2.36. The first kappa shape index (κ1) is 24.4. The summed E-state index contributed by atoms with van der Waals surface area (Å²) in [4.78, 5) is 23.5. The van der Waals surface area contributed by atoms with E-state index in [1.54, 1.807) is 4.90 Å². The Hall–Kier alpha value is -3.70. The lowest BCUT2D eigenvalue weighted by atomic mass is 10.0. The number of amides is 1. The van der Waals surface area contributed by atoms with Gasteiger partial charge in [0.2, 0.25) is 5.88 Å². The van der Waals surface area contributed by atoms with Crippen molar-refractivity contribution in [1.82, 2.24) is 14.8 Å². The molecule has 0 radical (unpaired) electrons. The van der Waals surface area contributed by atoms with E-state index >= 15 is 0 Å². The van der Waals surface area contributed by atoms with Gasteiger partial charge in [-0.25, -0.2) is 9.37 Å². The van der Waals surface area contributed by atoms with Crippen LogP contribution in [0, 0.1) is 24.1 Å². The molecule has 7 nitrogen and oxygen atoms in total. The van der Waals surface area contributed by atoms with E-state index in [-0.39, 0.29) is 11.7 Å². The van der Waals surface area contributed by atoms with Crippen LogP contribution in [-0.4, -0.2) is 74.1 Å². The summed E-state index contributed by atoms with van der Waals surface area (Å²) in [5.74, 6) is -0.136. The molecule has 1 aromatic heterocycles. The molecule has 0 atom stereocenters. The monoisotopic (exact) mass is 475 g/mol. The van der Waals surface area contributed by atoms with E-state index in [9.17, 15) is 14.4 Å². The Balaban J connectivity index is 1.60. The first-order valence-corrected chi connectivity index (χ1v) is 11.8. The number of anilines is 1. The molecule has 0 saturated carbocycles. The summed E-state index contributed by atoms with van der Waals surface area (Å²) in [6.45, 7) is 5.48. The number of halogens is 1. The number of piperazine rings is 1. The number of pyridine rings is 1. The number of hydrogen-bond acceptors (Lipinski definition) is 6. The number of nitrogens with zero attached hydrogens (tertiary/aromatic N) is 5. The lowest BCUT2D eigenvalue weighted by Gasteiger charge is -2.37. The van der Waals surface area contributed by atoms with Crippen LogP contribution in [0.3, 0.4) is 0 Å². The number of benzene rings is 2. The molecule has 0 bridgehead atoms. The first-order valence-electron chi connectivity index (χ1n) is 11.8. The maximum Gasteiger partial charge on any atom is 0.253 e. The third-order valence-electron chi connectivity index (χ3n) is 6.15. The van der Waals surface area contributed by atoms with E-state index in [2.05, 4.69) is 20.9 Å². The average molecular weight is 476 g/mol. The normalized spacial score (nSPS) is 13.8. The van der Waals surface area contributed by atoms with Crippen molar-refractivity contribution in [3.05, 3.63) is 65.0 Å². The van der Waals surface area contributed by atoms with E-state index in [1.807, 2.05) is 39.2 Å². The molecule has 1 fully saturated rings. The fraction of sp³-hybridized carbons (Fsp3) is 0.370. The number of carbonyl (C=O) groups is 1. The molecule has 35 heavy (non-hydrogen) atoms. The van der Waals surface area contributed by atoms with Crippen molar-refractivity contribution in [3.63, 3.8) is 0 Å². The molecule has 0 unspecified atom stereocenters. The topological polar surface area (TPSA) is 72.7 Å². The zero-order chi connectivity index (χ0) is 24.9. The molecular weight excluding hydrogens is 445 g/mol. The minimum atomic E-state index is -0.366. The molecule has 1 saturated heterocycles. The average Bonchev–Trinajstić information content (AvgIpc) is 2.86. The maximum absolute atomic E-state index is 13.2. The molecular formula is C27H30FN5O2. The Morgan fingerprint density at radius 3 is 2.51 bits per heavy atom. The number of hydrogen-bond donors (Lipinski definition) is 0. The lowest BCUT2D eigenvalue weighted by molar-refractivity contribution is 0.0747. The van der Waals surface area contributed by atoms with Crippen LogP contribution in [0.15, 0.2) is 42.5 Å². The van der Waals surface area contributed by atoms with Gasteiger partial charge in [0.25, 0.3) is 5.91 Å². The van der Waals surface area contributed by atoms with Crippen LogP contribution in [-0.2, 0) is 0 Å². The Bertz CT molecular complexity index is 1250. The van der Waals surface area contributed by atoms with Gasteiger partial charge < -0.3 is 19.4 Å². The van der Waals surface area contributed by atoms with Crippen molar-refractivity contribution in [1.29, 1.82) is 5.26 Å². The standard InChI is InChI=1S/C27H30FN5O2/c1-19-5-10-24-22(17-19)25(23(18-29)26(30-24)35-16-4-11-31(2)3)32-12-14-33(15-13-32)27(34)20-6-8-21(28)9-7-20/h5-10,17H,4,11-16H2,1-3H3. The van der Waals surface area contributed by atoms with Gasteiger partial charge >= 0.3 is 0 Å². The quantitative estimate of drug-likeness (QED) is 0.484. The molecule has 0 spiro atoms. The Morgan fingerprint density at radius 1 is 1.14 bits per heavy atom. The zero-order valence-corrected chi connectivity index (χ0v) is 20.4. The van der Waals surface area contributed by atoms with E-state index < -0.39 is 0 Å². The highest BCUT2D eigenvalue weighted by molar-refractivity contribution is 5.97. The van der Waals surface area contributed by atoms with Gasteiger partial charge in [0.1, 0.15) is 17.4 Å². The number of rotatable bonds is 7. The lowest BCUT2D eigenvalue weighted by Crippen LogP contribution is -2.49. The number of aryl methyl sites for hydroxylation is 1. The van der Waals surface area contributed by atoms with Gasteiger partial charge in [-0.1, -0.05) is 11.6 Å². The van der Waals surface area contributed by atoms with E-state index in [4.69, 9.17) is 4.74 Å². The highest BCUT2D eigenvalue weighted by Gasteiger charge is 2.27. The first-order chi connectivity index (χ1) is 16.9. The summed E-state index contributed by atoms with van der Waals surface area (Å²) < 4.78 is 19.2. The molecule has 1 aliphatic heterocycles. The fourth-order valence-electron chi connectivity index (χ4n) is 4.33. The van der Waals surface area contributed by atoms with Gasteiger partial charge in [0.05, 0.1) is 17.8 Å². The van der Waals surface area contributed by atoms with Crippen molar-refractivity contribution >= 4 is 22.5 Å². The summed E-state index contributed by atoms with van der Waals surface area (Å²) >= 11 is 0. The van der Waals surface area contributed by atoms with E-state index in [0.29, 0.717) is 49.8 Å². The molecule has 1 amide bonds. The van der Waals surface area contributed by atoms with Gasteiger partial charge in [-0.15, -0.1) is 0 Å². The smallest absolute Gasteiger partial charge is 0.253 e. The van der Waals surface area contributed by atoms with Crippen LogP contribution in [0.25, 0.3) is 10.9 Å². The van der Waals surface area contributed by atoms with Crippen molar-refractivity contribution in [3.8, 4) is 11.9 Å². The predicted octanol–water partition coefficient (Wildman–Crippen LogP) is 3.85. The summed E-state index contributed by atoms with van der Waals surface area (Å²) in [7, 11) is 4.02.